The van der Waals surface area contributed by atoms with Crippen LogP contribution >= 0.6 is 0 Å². The first-order chi connectivity index (χ1) is 13.3. The molecular weight excluding hydrogens is 396 g/mol. The topological polar surface area (TPSA) is 105 Å². The van der Waals surface area contributed by atoms with Crippen LogP contribution in [0.15, 0.2) is 23.1 Å². The van der Waals surface area contributed by atoms with E-state index in [1.165, 1.54) is 0 Å². The summed E-state index contributed by atoms with van der Waals surface area (Å²) < 4.78 is 59.2. The van der Waals surface area contributed by atoms with Crippen molar-refractivity contribution in [1.29, 1.82) is 0 Å². The molecule has 0 unspecified atom stereocenters. The Bertz CT molecular complexity index is 819. The van der Waals surface area contributed by atoms with Gasteiger partial charge in [-0.25, -0.2) is 17.2 Å². The quantitative estimate of drug-likeness (QED) is 0.501. The van der Waals surface area contributed by atoms with Crippen LogP contribution in [0.3, 0.4) is 0 Å². The van der Waals surface area contributed by atoms with E-state index in [9.17, 15) is 26.8 Å². The maximum absolute atomic E-state index is 14.0. The number of hydrogen-bond donors (Lipinski definition) is 2. The second kappa shape index (κ2) is 9.89. The number of halogens is 2. The number of benzene rings is 1. The smallest absolute Gasteiger partial charge is 0.309 e. The molecule has 1 heterocycles. The number of amides is 2. The van der Waals surface area contributed by atoms with Crippen LogP contribution in [0.5, 0.6) is 0 Å². The first kappa shape index (κ1) is 22.2. The molecule has 11 heteroatoms. The van der Waals surface area contributed by atoms with E-state index in [-0.39, 0.29) is 19.7 Å². The SMILES string of the molecule is CCCCNC(=O)C(=O)NC[C@H]1OCCCN1S(=O)(=O)c1cc(F)ccc1F. The monoisotopic (exact) mass is 419 g/mol. The van der Waals surface area contributed by atoms with Crippen molar-refractivity contribution < 1.29 is 31.5 Å². The van der Waals surface area contributed by atoms with Gasteiger partial charge in [-0.05, 0) is 31.0 Å². The van der Waals surface area contributed by atoms with Crippen molar-refractivity contribution >= 4 is 21.8 Å². The molecule has 0 spiro atoms. The van der Waals surface area contributed by atoms with Gasteiger partial charge in [-0.3, -0.25) is 9.59 Å². The lowest BCUT2D eigenvalue weighted by molar-refractivity contribution is -0.140. The number of ether oxygens (including phenoxy) is 1. The minimum absolute atomic E-state index is 0.00151. The zero-order valence-corrected chi connectivity index (χ0v) is 16.2. The first-order valence-corrected chi connectivity index (χ1v) is 10.4. The van der Waals surface area contributed by atoms with Gasteiger partial charge < -0.3 is 15.4 Å². The van der Waals surface area contributed by atoms with Crippen LogP contribution in [0.2, 0.25) is 0 Å². The number of unbranched alkanes of at least 4 members (excludes halogenated alkanes) is 1. The van der Waals surface area contributed by atoms with Gasteiger partial charge in [-0.2, -0.15) is 4.31 Å². The maximum Gasteiger partial charge on any atom is 0.309 e. The van der Waals surface area contributed by atoms with Crippen LogP contribution in [-0.4, -0.2) is 57.0 Å². The number of nitrogens with one attached hydrogen (secondary N) is 2. The largest absolute Gasteiger partial charge is 0.360 e. The van der Waals surface area contributed by atoms with Gasteiger partial charge in [0.05, 0.1) is 13.2 Å². The number of carbonyl (C=O) groups is 2. The molecule has 0 aromatic heterocycles. The van der Waals surface area contributed by atoms with E-state index in [0.29, 0.717) is 19.0 Å². The third-order valence-electron chi connectivity index (χ3n) is 4.09. The Morgan fingerprint density at radius 1 is 1.25 bits per heavy atom. The minimum atomic E-state index is -4.41. The summed E-state index contributed by atoms with van der Waals surface area (Å²) in [5, 5.41) is 4.75. The molecule has 1 aliphatic rings. The third kappa shape index (κ3) is 5.46. The summed E-state index contributed by atoms with van der Waals surface area (Å²) in [6.45, 7) is 2.20. The first-order valence-electron chi connectivity index (χ1n) is 8.92. The Labute approximate surface area is 162 Å². The van der Waals surface area contributed by atoms with Gasteiger partial charge in [-0.15, -0.1) is 0 Å². The van der Waals surface area contributed by atoms with Gasteiger partial charge in [0.2, 0.25) is 10.0 Å². The van der Waals surface area contributed by atoms with E-state index in [2.05, 4.69) is 10.6 Å². The lowest BCUT2D eigenvalue weighted by Gasteiger charge is -2.34. The summed E-state index contributed by atoms with van der Waals surface area (Å²) in [5.74, 6) is -3.76. The molecule has 0 aliphatic carbocycles. The van der Waals surface area contributed by atoms with Gasteiger partial charge in [0.15, 0.2) is 0 Å². The predicted octanol–water partition coefficient (Wildman–Crippen LogP) is 0.734. The predicted molar refractivity (Wildman–Crippen MR) is 95.5 cm³/mol. The number of rotatable bonds is 7. The van der Waals surface area contributed by atoms with Gasteiger partial charge in [0, 0.05) is 13.1 Å². The van der Waals surface area contributed by atoms with E-state index < -0.39 is 44.6 Å². The summed E-state index contributed by atoms with van der Waals surface area (Å²) in [6.07, 6.45) is 0.767. The van der Waals surface area contributed by atoms with Gasteiger partial charge in [-0.1, -0.05) is 13.3 Å². The van der Waals surface area contributed by atoms with Crippen LogP contribution in [0.25, 0.3) is 0 Å². The molecular formula is C17H23F2N3O5S. The molecule has 0 saturated carbocycles. The van der Waals surface area contributed by atoms with Gasteiger partial charge in [0.25, 0.3) is 0 Å². The van der Waals surface area contributed by atoms with Gasteiger partial charge >= 0.3 is 11.8 Å². The fourth-order valence-electron chi connectivity index (χ4n) is 2.62. The van der Waals surface area contributed by atoms with Crippen LogP contribution in [0, 0.1) is 11.6 Å². The molecule has 28 heavy (non-hydrogen) atoms. The summed E-state index contributed by atoms with van der Waals surface area (Å²) in [5.41, 5.74) is 0. The molecule has 1 atom stereocenters. The van der Waals surface area contributed by atoms with Crippen molar-refractivity contribution in [2.45, 2.75) is 37.3 Å². The molecule has 2 amide bonds. The lowest BCUT2D eigenvalue weighted by atomic mass is 10.3. The highest BCUT2D eigenvalue weighted by molar-refractivity contribution is 7.89. The molecule has 1 aliphatic heterocycles. The normalized spacial score (nSPS) is 17.9. The molecule has 1 aromatic rings. The van der Waals surface area contributed by atoms with Crippen LogP contribution in [0.4, 0.5) is 8.78 Å². The van der Waals surface area contributed by atoms with Crippen molar-refractivity contribution in [2.75, 3.05) is 26.2 Å². The second-order valence-electron chi connectivity index (χ2n) is 6.19. The zero-order chi connectivity index (χ0) is 20.7. The highest BCUT2D eigenvalue weighted by Gasteiger charge is 2.36. The average Bonchev–Trinajstić information content (AvgIpc) is 2.68. The summed E-state index contributed by atoms with van der Waals surface area (Å²) >= 11 is 0. The minimum Gasteiger partial charge on any atom is -0.360 e. The maximum atomic E-state index is 14.0. The molecule has 1 saturated heterocycles. The molecule has 1 aromatic carbocycles. The Kier molecular flexibility index (Phi) is 7.84. The molecule has 156 valence electrons. The van der Waals surface area contributed by atoms with Crippen LogP contribution in [-0.2, 0) is 24.3 Å². The summed E-state index contributed by atoms with van der Waals surface area (Å²) in [6, 6.07) is 2.14. The van der Waals surface area contributed by atoms with E-state index >= 15 is 0 Å². The van der Waals surface area contributed by atoms with Crippen molar-refractivity contribution in [3.05, 3.63) is 29.8 Å². The van der Waals surface area contributed by atoms with Crippen molar-refractivity contribution in [2.24, 2.45) is 0 Å². The molecule has 2 N–H and O–H groups in total. The molecule has 8 nitrogen and oxygen atoms in total. The molecule has 0 bridgehead atoms. The Morgan fingerprint density at radius 3 is 2.68 bits per heavy atom. The zero-order valence-electron chi connectivity index (χ0n) is 15.4. The Morgan fingerprint density at radius 2 is 1.96 bits per heavy atom. The number of carbonyl (C=O) groups excluding carboxylic acids is 2. The van der Waals surface area contributed by atoms with Crippen molar-refractivity contribution in [3.8, 4) is 0 Å². The molecule has 0 radical (unpaired) electrons. The molecule has 1 fully saturated rings. The summed E-state index contributed by atoms with van der Waals surface area (Å²) in [7, 11) is -4.41. The second-order valence-corrected chi connectivity index (χ2v) is 8.05. The van der Waals surface area contributed by atoms with E-state index in [4.69, 9.17) is 4.74 Å². The van der Waals surface area contributed by atoms with Gasteiger partial charge in [0.1, 0.15) is 22.8 Å². The number of nitrogens with zero attached hydrogens (tertiary/aromatic N) is 1. The third-order valence-corrected chi connectivity index (χ3v) is 6.00. The van der Waals surface area contributed by atoms with E-state index in [1.54, 1.807) is 0 Å². The Balaban J connectivity index is 2.08. The fraction of sp³-hybridized carbons (Fsp3) is 0.529. The van der Waals surface area contributed by atoms with Crippen LogP contribution < -0.4 is 10.6 Å². The fourth-order valence-corrected chi connectivity index (χ4v) is 4.27. The summed E-state index contributed by atoms with van der Waals surface area (Å²) in [4.78, 5) is 22.7. The van der Waals surface area contributed by atoms with E-state index in [0.717, 1.165) is 29.3 Å². The number of hydrogen-bond acceptors (Lipinski definition) is 5. The lowest BCUT2D eigenvalue weighted by Crippen LogP contribution is -2.53. The van der Waals surface area contributed by atoms with Crippen LogP contribution in [0.1, 0.15) is 26.2 Å². The van der Waals surface area contributed by atoms with E-state index in [1.807, 2.05) is 6.92 Å². The molecule has 2 rings (SSSR count). The van der Waals surface area contributed by atoms with Crippen molar-refractivity contribution in [1.82, 2.24) is 14.9 Å². The Hall–Kier alpha value is -2.11. The highest BCUT2D eigenvalue weighted by atomic mass is 32.2. The van der Waals surface area contributed by atoms with Crippen molar-refractivity contribution in [3.63, 3.8) is 0 Å². The number of sulfonamides is 1. The standard InChI is InChI=1S/C17H23F2N3O5S/c1-2-3-7-20-16(23)17(24)21-11-15-22(8-4-9-27-15)28(25,26)14-10-12(18)5-6-13(14)19/h5-6,10,15H,2-4,7-9,11H2,1H3,(H,20,23)(H,21,24)/t15-/m1/s1. The average molecular weight is 419 g/mol. The highest BCUT2D eigenvalue weighted by Crippen LogP contribution is 2.24.